The van der Waals surface area contributed by atoms with Crippen molar-refractivity contribution in [2.24, 2.45) is 0 Å². The zero-order valence-corrected chi connectivity index (χ0v) is 20.8. The van der Waals surface area contributed by atoms with Crippen LogP contribution in [0.25, 0.3) is 11.3 Å². The smallest absolute Gasteiger partial charge is 0.360 e. The van der Waals surface area contributed by atoms with Crippen LogP contribution < -0.4 is 5.32 Å². The van der Waals surface area contributed by atoms with Gasteiger partial charge in [0, 0.05) is 23.7 Å². The Labute approximate surface area is 212 Å². The fourth-order valence-electron chi connectivity index (χ4n) is 3.92. The van der Waals surface area contributed by atoms with E-state index in [1.54, 1.807) is 26.2 Å². The van der Waals surface area contributed by atoms with E-state index in [2.05, 4.69) is 25.0 Å². The lowest BCUT2D eigenvalue weighted by Gasteiger charge is -2.14. The SMILES string of the molecule is CC(=O)Cc1ccc(-c2cnc(Nc3ccccc3)cn2)cc1C.Cc1cc(C2(C(F)(F)F)CC2)on1. The van der Waals surface area contributed by atoms with E-state index >= 15 is 0 Å². The first kappa shape index (κ1) is 26.1. The van der Waals surface area contributed by atoms with Gasteiger partial charge in [-0.3, -0.25) is 9.78 Å². The maximum Gasteiger partial charge on any atom is 0.401 e. The Morgan fingerprint density at radius 1 is 1.03 bits per heavy atom. The molecule has 5 rings (SSSR count). The summed E-state index contributed by atoms with van der Waals surface area (Å²) in [6.07, 6.45) is -0.0290. The summed E-state index contributed by atoms with van der Waals surface area (Å²) in [5, 5.41) is 6.67. The number of ketones is 1. The molecule has 1 saturated carbocycles. The van der Waals surface area contributed by atoms with E-state index in [1.165, 1.54) is 6.07 Å². The number of benzene rings is 2. The minimum atomic E-state index is -4.21. The van der Waals surface area contributed by atoms with Gasteiger partial charge in [0.25, 0.3) is 0 Å². The van der Waals surface area contributed by atoms with Crippen molar-refractivity contribution < 1.29 is 22.5 Å². The standard InChI is InChI=1S/C20H19N3O.C8H8F3NO/c1-14-10-17(9-8-16(14)11-15(2)24)19-12-22-20(13-21-19)23-18-6-4-3-5-7-18;1-5-4-6(13-12-5)7(2-3-7)8(9,10)11/h3-10,12-13H,11H2,1-2H3,(H,22,23);4H,2-3H2,1H3. The second-order valence-corrected chi connectivity index (χ2v) is 9.21. The number of aryl methyl sites for hydroxylation is 2. The topological polar surface area (TPSA) is 80.9 Å². The summed E-state index contributed by atoms with van der Waals surface area (Å²) in [6.45, 7) is 5.23. The van der Waals surface area contributed by atoms with Crippen LogP contribution in [0.2, 0.25) is 0 Å². The molecule has 0 atom stereocenters. The summed E-state index contributed by atoms with van der Waals surface area (Å²) in [4.78, 5) is 20.2. The van der Waals surface area contributed by atoms with Gasteiger partial charge in [0.05, 0.1) is 23.8 Å². The number of hydrogen-bond donors (Lipinski definition) is 1. The van der Waals surface area contributed by atoms with Crippen molar-refractivity contribution >= 4 is 17.3 Å². The van der Waals surface area contributed by atoms with Crippen LogP contribution in [0.15, 0.2) is 71.5 Å². The molecule has 1 aliphatic rings. The van der Waals surface area contributed by atoms with Crippen LogP contribution in [0.1, 0.15) is 42.3 Å². The van der Waals surface area contributed by atoms with Gasteiger partial charge in [-0.2, -0.15) is 13.2 Å². The third kappa shape index (κ3) is 6.22. The molecule has 2 aromatic carbocycles. The Hall–Kier alpha value is -4.01. The van der Waals surface area contributed by atoms with Crippen molar-refractivity contribution in [3.63, 3.8) is 0 Å². The second kappa shape index (κ2) is 10.5. The quantitative estimate of drug-likeness (QED) is 0.305. The fraction of sp³-hybridized carbons (Fsp3) is 0.286. The molecule has 0 aliphatic heterocycles. The molecule has 1 fully saturated rings. The molecule has 6 nitrogen and oxygen atoms in total. The Kier molecular flexibility index (Phi) is 7.42. The average molecular weight is 509 g/mol. The third-order valence-corrected chi connectivity index (χ3v) is 6.17. The zero-order valence-electron chi connectivity index (χ0n) is 20.8. The summed E-state index contributed by atoms with van der Waals surface area (Å²) < 4.78 is 42.2. The molecule has 0 spiro atoms. The van der Waals surface area contributed by atoms with Crippen molar-refractivity contribution in [3.05, 3.63) is 89.6 Å². The highest BCUT2D eigenvalue weighted by molar-refractivity contribution is 5.79. The predicted molar refractivity (Wildman–Crippen MR) is 135 cm³/mol. The minimum absolute atomic E-state index is 0.0440. The maximum atomic E-state index is 12.5. The van der Waals surface area contributed by atoms with Gasteiger partial charge in [-0.1, -0.05) is 35.5 Å². The fourth-order valence-corrected chi connectivity index (χ4v) is 3.92. The lowest BCUT2D eigenvalue weighted by molar-refractivity contribution is -0.165. The number of alkyl halides is 3. The molecule has 1 aliphatic carbocycles. The molecule has 2 heterocycles. The van der Waals surface area contributed by atoms with Crippen molar-refractivity contribution in [2.75, 3.05) is 5.32 Å². The van der Waals surface area contributed by atoms with Crippen molar-refractivity contribution in [1.29, 1.82) is 0 Å². The summed E-state index contributed by atoms with van der Waals surface area (Å²) in [5.74, 6) is 0.828. The van der Waals surface area contributed by atoms with E-state index < -0.39 is 11.6 Å². The summed E-state index contributed by atoms with van der Waals surface area (Å²) in [6, 6.07) is 17.2. The predicted octanol–water partition coefficient (Wildman–Crippen LogP) is 6.90. The number of halogens is 3. The summed E-state index contributed by atoms with van der Waals surface area (Å²) in [5.41, 5.74) is 3.70. The van der Waals surface area contributed by atoms with Crippen molar-refractivity contribution in [2.45, 2.75) is 51.6 Å². The lowest BCUT2D eigenvalue weighted by atomic mass is 10.00. The molecule has 2 aromatic heterocycles. The van der Waals surface area contributed by atoms with Gasteiger partial charge in [0.1, 0.15) is 17.0 Å². The molecule has 0 bridgehead atoms. The van der Waals surface area contributed by atoms with Crippen LogP contribution in [-0.4, -0.2) is 27.1 Å². The summed E-state index contributed by atoms with van der Waals surface area (Å²) in [7, 11) is 0. The van der Waals surface area contributed by atoms with Gasteiger partial charge in [0.2, 0.25) is 0 Å². The van der Waals surface area contributed by atoms with Crippen LogP contribution in [-0.2, 0) is 16.6 Å². The van der Waals surface area contributed by atoms with Crippen LogP contribution in [0.4, 0.5) is 24.7 Å². The largest absolute Gasteiger partial charge is 0.401 e. The van der Waals surface area contributed by atoms with Gasteiger partial charge in [0.15, 0.2) is 5.76 Å². The number of carbonyl (C=O) groups is 1. The normalized spacial score (nSPS) is 13.9. The number of nitrogens with zero attached hydrogens (tertiary/aromatic N) is 3. The number of Topliss-reactive ketones (excluding diaryl/α,β-unsaturated/α-hetero) is 1. The van der Waals surface area contributed by atoms with E-state index in [-0.39, 0.29) is 24.4 Å². The van der Waals surface area contributed by atoms with E-state index in [0.29, 0.717) is 17.9 Å². The molecular formula is C28H27F3N4O2. The number of carbonyl (C=O) groups excluding carboxylic acids is 1. The highest BCUT2D eigenvalue weighted by Crippen LogP contribution is 2.58. The van der Waals surface area contributed by atoms with E-state index in [1.807, 2.05) is 55.5 Å². The second-order valence-electron chi connectivity index (χ2n) is 9.21. The van der Waals surface area contributed by atoms with Gasteiger partial charge in [-0.05, 0) is 62.9 Å². The number of aromatic nitrogens is 3. The van der Waals surface area contributed by atoms with Gasteiger partial charge in [-0.15, -0.1) is 0 Å². The van der Waals surface area contributed by atoms with Gasteiger partial charge in [-0.25, -0.2) is 4.98 Å². The van der Waals surface area contributed by atoms with E-state index in [9.17, 15) is 18.0 Å². The molecule has 9 heteroatoms. The van der Waals surface area contributed by atoms with Crippen LogP contribution in [0.3, 0.4) is 0 Å². The van der Waals surface area contributed by atoms with Crippen LogP contribution in [0, 0.1) is 13.8 Å². The maximum absolute atomic E-state index is 12.5. The molecule has 192 valence electrons. The monoisotopic (exact) mass is 508 g/mol. The molecular weight excluding hydrogens is 481 g/mol. The highest BCUT2D eigenvalue weighted by Gasteiger charge is 2.66. The van der Waals surface area contributed by atoms with Crippen molar-refractivity contribution in [3.8, 4) is 11.3 Å². The third-order valence-electron chi connectivity index (χ3n) is 6.17. The Bertz CT molecular complexity index is 1360. The summed E-state index contributed by atoms with van der Waals surface area (Å²) >= 11 is 0. The lowest BCUT2D eigenvalue weighted by Crippen LogP contribution is -2.28. The Balaban J connectivity index is 0.000000207. The Morgan fingerprint density at radius 2 is 1.76 bits per heavy atom. The average Bonchev–Trinajstić information content (AvgIpc) is 3.57. The number of nitrogens with one attached hydrogen (secondary N) is 1. The zero-order chi connectivity index (χ0) is 26.6. The van der Waals surface area contributed by atoms with E-state index in [0.717, 1.165) is 28.1 Å². The van der Waals surface area contributed by atoms with Crippen LogP contribution in [0.5, 0.6) is 0 Å². The van der Waals surface area contributed by atoms with E-state index in [4.69, 9.17) is 0 Å². The first-order chi connectivity index (χ1) is 17.6. The molecule has 0 saturated heterocycles. The molecule has 4 aromatic rings. The number of para-hydroxylation sites is 1. The first-order valence-electron chi connectivity index (χ1n) is 11.8. The number of hydrogen-bond acceptors (Lipinski definition) is 6. The highest BCUT2D eigenvalue weighted by atomic mass is 19.4. The molecule has 0 amide bonds. The Morgan fingerprint density at radius 3 is 2.27 bits per heavy atom. The minimum Gasteiger partial charge on any atom is -0.360 e. The van der Waals surface area contributed by atoms with Gasteiger partial charge < -0.3 is 9.84 Å². The first-order valence-corrected chi connectivity index (χ1v) is 11.8. The molecule has 1 N–H and O–H groups in total. The molecule has 37 heavy (non-hydrogen) atoms. The van der Waals surface area contributed by atoms with Crippen LogP contribution >= 0.6 is 0 Å². The molecule has 0 radical (unpaired) electrons. The number of anilines is 2. The molecule has 0 unspecified atom stereocenters. The van der Waals surface area contributed by atoms with Gasteiger partial charge >= 0.3 is 6.18 Å². The number of rotatable bonds is 6. The van der Waals surface area contributed by atoms with Crippen molar-refractivity contribution in [1.82, 2.24) is 15.1 Å².